The van der Waals surface area contributed by atoms with Crippen LogP contribution in [0.2, 0.25) is 0 Å². The first-order valence-corrected chi connectivity index (χ1v) is 6.51. The van der Waals surface area contributed by atoms with Crippen molar-refractivity contribution in [2.45, 2.75) is 33.4 Å². The molecule has 20 heavy (non-hydrogen) atoms. The summed E-state index contributed by atoms with van der Waals surface area (Å²) in [7, 11) is 0. The topological polar surface area (TPSA) is 77.2 Å². The summed E-state index contributed by atoms with van der Waals surface area (Å²) in [6, 6.07) is 3.40. The Labute approximate surface area is 117 Å². The first-order valence-electron chi connectivity index (χ1n) is 6.51. The summed E-state index contributed by atoms with van der Waals surface area (Å²) in [5, 5.41) is 13.5. The molecule has 0 saturated heterocycles. The molecule has 6 nitrogen and oxygen atoms in total. The third-order valence-electron chi connectivity index (χ3n) is 2.97. The number of aromatic nitrogens is 3. The monoisotopic (exact) mass is 275 g/mol. The molecular formula is C14H17N3O3. The predicted molar refractivity (Wildman–Crippen MR) is 72.8 cm³/mol. The number of pyridine rings is 1. The van der Waals surface area contributed by atoms with E-state index in [2.05, 4.69) is 10.1 Å². The third kappa shape index (κ3) is 2.96. The third-order valence-corrected chi connectivity index (χ3v) is 2.97. The Kier molecular flexibility index (Phi) is 4.34. The van der Waals surface area contributed by atoms with Crippen LogP contribution in [-0.2, 0) is 19.6 Å². The van der Waals surface area contributed by atoms with Gasteiger partial charge in [-0.1, -0.05) is 6.92 Å². The van der Waals surface area contributed by atoms with Crippen molar-refractivity contribution in [1.82, 2.24) is 14.8 Å². The van der Waals surface area contributed by atoms with Gasteiger partial charge in [0.15, 0.2) is 5.75 Å². The number of aryl methyl sites for hydroxylation is 2. The second kappa shape index (κ2) is 6.18. The Hall–Kier alpha value is -2.37. The maximum atomic E-state index is 11.1. The van der Waals surface area contributed by atoms with E-state index in [1.54, 1.807) is 0 Å². The summed E-state index contributed by atoms with van der Waals surface area (Å²) in [5.41, 5.74) is 2.03. The Morgan fingerprint density at radius 1 is 1.45 bits per heavy atom. The summed E-state index contributed by atoms with van der Waals surface area (Å²) < 4.78 is 7.44. The van der Waals surface area contributed by atoms with Gasteiger partial charge < -0.3 is 9.84 Å². The van der Waals surface area contributed by atoms with E-state index < -0.39 is 5.97 Å². The molecule has 0 spiro atoms. The molecule has 1 N–H and O–H groups in total. The van der Waals surface area contributed by atoms with Crippen LogP contribution in [0.4, 0.5) is 0 Å². The van der Waals surface area contributed by atoms with Gasteiger partial charge in [0.1, 0.15) is 12.2 Å². The molecule has 106 valence electrons. The maximum absolute atomic E-state index is 11.1. The quantitative estimate of drug-likeness (QED) is 0.874. The molecule has 2 aromatic rings. The van der Waals surface area contributed by atoms with Gasteiger partial charge in [0.05, 0.1) is 17.6 Å². The van der Waals surface area contributed by atoms with Crippen molar-refractivity contribution in [2.75, 3.05) is 0 Å². The summed E-state index contributed by atoms with van der Waals surface area (Å²) >= 11 is 0. The van der Waals surface area contributed by atoms with Crippen molar-refractivity contribution in [3.8, 4) is 5.75 Å². The highest BCUT2D eigenvalue weighted by atomic mass is 16.5. The molecule has 0 fully saturated rings. The number of carboxylic acid groups (broad SMARTS) is 1. The van der Waals surface area contributed by atoms with E-state index in [1.807, 2.05) is 24.6 Å². The highest BCUT2D eigenvalue weighted by molar-refractivity contribution is 5.90. The Morgan fingerprint density at radius 3 is 2.90 bits per heavy atom. The van der Waals surface area contributed by atoms with E-state index in [0.717, 1.165) is 24.4 Å². The Morgan fingerprint density at radius 2 is 2.25 bits per heavy atom. The van der Waals surface area contributed by atoms with Gasteiger partial charge >= 0.3 is 5.97 Å². The molecule has 0 bridgehead atoms. The van der Waals surface area contributed by atoms with E-state index in [1.165, 1.54) is 18.5 Å². The number of nitrogens with zero attached hydrogens (tertiary/aromatic N) is 3. The first kappa shape index (κ1) is 14.0. The fraction of sp³-hybridized carbons (Fsp3) is 0.357. The zero-order chi connectivity index (χ0) is 14.5. The van der Waals surface area contributed by atoms with Crippen LogP contribution in [0.3, 0.4) is 0 Å². The normalized spacial score (nSPS) is 10.5. The van der Waals surface area contributed by atoms with Crippen LogP contribution < -0.4 is 4.74 Å². The first-order chi connectivity index (χ1) is 9.65. The Balaban J connectivity index is 2.16. The van der Waals surface area contributed by atoms with Crippen LogP contribution in [0.15, 0.2) is 24.5 Å². The van der Waals surface area contributed by atoms with Crippen molar-refractivity contribution in [3.05, 3.63) is 41.5 Å². The van der Waals surface area contributed by atoms with Crippen molar-refractivity contribution in [2.24, 2.45) is 0 Å². The summed E-state index contributed by atoms with van der Waals surface area (Å²) in [4.78, 5) is 15.0. The van der Waals surface area contributed by atoms with Gasteiger partial charge in [-0.15, -0.1) is 0 Å². The Bertz CT molecular complexity index is 607. The molecule has 0 aromatic carbocycles. The molecule has 0 atom stereocenters. The number of carboxylic acids is 1. The van der Waals surface area contributed by atoms with Gasteiger partial charge in [0.2, 0.25) is 0 Å². The highest BCUT2D eigenvalue weighted by Crippen LogP contribution is 2.18. The van der Waals surface area contributed by atoms with Gasteiger partial charge in [-0.05, 0) is 25.5 Å². The minimum absolute atomic E-state index is 0.110. The number of rotatable bonds is 6. The van der Waals surface area contributed by atoms with Crippen LogP contribution in [0, 0.1) is 0 Å². The van der Waals surface area contributed by atoms with Crippen molar-refractivity contribution >= 4 is 5.97 Å². The van der Waals surface area contributed by atoms with Crippen LogP contribution in [-0.4, -0.2) is 25.8 Å². The van der Waals surface area contributed by atoms with Gasteiger partial charge in [0, 0.05) is 12.7 Å². The van der Waals surface area contributed by atoms with Crippen LogP contribution >= 0.6 is 0 Å². The smallest absolute Gasteiger partial charge is 0.339 e. The summed E-state index contributed by atoms with van der Waals surface area (Å²) in [6.45, 7) is 5.06. The molecule has 0 amide bonds. The average molecular weight is 275 g/mol. The molecule has 0 radical (unpaired) electrons. The number of ether oxygens (including phenoxy) is 1. The van der Waals surface area contributed by atoms with Crippen molar-refractivity contribution in [3.63, 3.8) is 0 Å². The van der Waals surface area contributed by atoms with Crippen molar-refractivity contribution < 1.29 is 14.6 Å². The summed E-state index contributed by atoms with van der Waals surface area (Å²) in [6.07, 6.45) is 3.70. The molecule has 0 saturated carbocycles. The molecule has 2 heterocycles. The molecule has 0 aliphatic rings. The van der Waals surface area contributed by atoms with E-state index in [-0.39, 0.29) is 17.9 Å². The van der Waals surface area contributed by atoms with Gasteiger partial charge in [0.25, 0.3) is 0 Å². The zero-order valence-electron chi connectivity index (χ0n) is 11.5. The van der Waals surface area contributed by atoms with Crippen LogP contribution in [0.1, 0.15) is 35.6 Å². The van der Waals surface area contributed by atoms with E-state index >= 15 is 0 Å². The van der Waals surface area contributed by atoms with Crippen LogP contribution in [0.25, 0.3) is 0 Å². The number of carbonyl (C=O) groups is 1. The molecule has 0 unspecified atom stereocenters. The van der Waals surface area contributed by atoms with E-state index in [4.69, 9.17) is 9.84 Å². The predicted octanol–water partition coefficient (Wildman–Crippen LogP) is 2.14. The molecule has 0 aliphatic heterocycles. The molecule has 2 rings (SSSR count). The largest absolute Gasteiger partial charge is 0.485 e. The van der Waals surface area contributed by atoms with E-state index in [9.17, 15) is 4.79 Å². The van der Waals surface area contributed by atoms with Gasteiger partial charge in [-0.3, -0.25) is 9.67 Å². The highest BCUT2D eigenvalue weighted by Gasteiger charge is 2.12. The SMILES string of the molecule is CCc1cc(COc2cnccc2C(=O)O)n(CC)n1. The van der Waals surface area contributed by atoms with Gasteiger partial charge in [-0.2, -0.15) is 5.10 Å². The fourth-order valence-corrected chi connectivity index (χ4v) is 1.90. The number of hydrogen-bond acceptors (Lipinski definition) is 4. The van der Waals surface area contributed by atoms with E-state index in [0.29, 0.717) is 0 Å². The zero-order valence-corrected chi connectivity index (χ0v) is 11.5. The molecule has 6 heteroatoms. The second-order valence-corrected chi connectivity index (χ2v) is 4.26. The average Bonchev–Trinajstić information content (AvgIpc) is 2.87. The number of hydrogen-bond donors (Lipinski definition) is 1. The molecular weight excluding hydrogens is 258 g/mol. The number of aromatic carboxylic acids is 1. The second-order valence-electron chi connectivity index (χ2n) is 4.26. The minimum atomic E-state index is -1.03. The summed E-state index contributed by atoms with van der Waals surface area (Å²) in [5.74, 6) is -0.762. The lowest BCUT2D eigenvalue weighted by atomic mass is 10.2. The maximum Gasteiger partial charge on any atom is 0.339 e. The lowest BCUT2D eigenvalue weighted by molar-refractivity contribution is 0.0691. The molecule has 2 aromatic heterocycles. The van der Waals surface area contributed by atoms with Crippen LogP contribution in [0.5, 0.6) is 5.75 Å². The lowest BCUT2D eigenvalue weighted by Gasteiger charge is -2.09. The molecule has 0 aliphatic carbocycles. The lowest BCUT2D eigenvalue weighted by Crippen LogP contribution is -2.08. The standard InChI is InChI=1S/C14H17N3O3/c1-3-10-7-11(17(4-2)16-10)9-20-13-8-15-6-5-12(13)14(18)19/h5-8H,3-4,9H2,1-2H3,(H,18,19). The minimum Gasteiger partial charge on any atom is -0.485 e. The fourth-order valence-electron chi connectivity index (χ4n) is 1.90. The van der Waals surface area contributed by atoms with Gasteiger partial charge in [-0.25, -0.2) is 4.79 Å². The van der Waals surface area contributed by atoms with Crippen molar-refractivity contribution in [1.29, 1.82) is 0 Å².